The van der Waals surface area contributed by atoms with E-state index in [1.807, 2.05) is 53.4 Å². The molecule has 0 aliphatic carbocycles. The minimum Gasteiger partial charge on any atom is -0.495 e. The highest BCUT2D eigenvalue weighted by Gasteiger charge is 2.35. The van der Waals surface area contributed by atoms with Gasteiger partial charge in [0.05, 0.1) is 30.4 Å². The van der Waals surface area contributed by atoms with Gasteiger partial charge in [0.2, 0.25) is 5.91 Å². The fourth-order valence-electron chi connectivity index (χ4n) is 4.97. The van der Waals surface area contributed by atoms with Crippen LogP contribution >= 0.6 is 0 Å². The number of ether oxygens (including phenoxy) is 2. The molecule has 3 aromatic carbocycles. The number of anilines is 1. The summed E-state index contributed by atoms with van der Waals surface area (Å²) in [6, 6.07) is 22.1. The second kappa shape index (κ2) is 9.82. The van der Waals surface area contributed by atoms with Crippen LogP contribution in [0, 0.1) is 13.8 Å². The molecule has 5 rings (SSSR count). The summed E-state index contributed by atoms with van der Waals surface area (Å²) in [6.07, 6.45) is 1.28. The maximum atomic E-state index is 13.0. The van der Waals surface area contributed by atoms with Gasteiger partial charge in [-0.3, -0.25) is 4.79 Å². The minimum absolute atomic E-state index is 0.0140. The summed E-state index contributed by atoms with van der Waals surface area (Å²) in [5.74, 6) is 2.71. The molecular formula is C29H31N3O3. The summed E-state index contributed by atoms with van der Waals surface area (Å²) in [4.78, 5) is 19.8. The third-order valence-electron chi connectivity index (χ3n) is 6.66. The van der Waals surface area contributed by atoms with Gasteiger partial charge in [0, 0.05) is 25.4 Å². The van der Waals surface area contributed by atoms with Gasteiger partial charge in [-0.25, -0.2) is 4.98 Å². The van der Waals surface area contributed by atoms with Gasteiger partial charge >= 0.3 is 0 Å². The van der Waals surface area contributed by atoms with Crippen molar-refractivity contribution in [1.29, 1.82) is 0 Å². The highest BCUT2D eigenvalue weighted by Crippen LogP contribution is 2.37. The Bertz CT molecular complexity index is 1360. The number of para-hydroxylation sites is 4. The SMILES string of the molecule is COc1ccccc1N1C[C@H](c2nc3ccccc3n2CCCOc2ccc(C)cc2C)CC1=O. The molecule has 0 N–H and O–H groups in total. The van der Waals surface area contributed by atoms with Gasteiger partial charge in [-0.05, 0) is 56.2 Å². The number of hydrogen-bond donors (Lipinski definition) is 0. The van der Waals surface area contributed by atoms with E-state index >= 15 is 0 Å². The third-order valence-corrected chi connectivity index (χ3v) is 6.66. The van der Waals surface area contributed by atoms with Crippen LogP contribution in [0.5, 0.6) is 11.5 Å². The predicted octanol–water partition coefficient (Wildman–Crippen LogP) is 5.65. The Labute approximate surface area is 206 Å². The maximum Gasteiger partial charge on any atom is 0.227 e. The van der Waals surface area contributed by atoms with E-state index in [1.54, 1.807) is 7.11 Å². The lowest BCUT2D eigenvalue weighted by Gasteiger charge is -2.20. The molecule has 6 heteroatoms. The number of rotatable bonds is 8. The molecule has 180 valence electrons. The topological polar surface area (TPSA) is 56.6 Å². The largest absolute Gasteiger partial charge is 0.495 e. The number of nitrogens with zero attached hydrogens (tertiary/aromatic N) is 3. The molecule has 1 aromatic heterocycles. The summed E-state index contributed by atoms with van der Waals surface area (Å²) in [5, 5.41) is 0. The molecule has 0 bridgehead atoms. The van der Waals surface area contributed by atoms with Crippen molar-refractivity contribution >= 4 is 22.6 Å². The van der Waals surface area contributed by atoms with Crippen molar-refractivity contribution < 1.29 is 14.3 Å². The molecule has 0 radical (unpaired) electrons. The Morgan fingerprint density at radius 3 is 2.63 bits per heavy atom. The van der Waals surface area contributed by atoms with Gasteiger partial charge in [-0.15, -0.1) is 0 Å². The van der Waals surface area contributed by atoms with Crippen LogP contribution in [-0.4, -0.2) is 35.7 Å². The fourth-order valence-corrected chi connectivity index (χ4v) is 4.97. The molecule has 0 unspecified atom stereocenters. The third kappa shape index (κ3) is 4.61. The van der Waals surface area contributed by atoms with Crippen molar-refractivity contribution in [2.75, 3.05) is 25.2 Å². The number of benzene rings is 3. The fraction of sp³-hybridized carbons (Fsp3) is 0.310. The molecule has 4 aromatic rings. The molecule has 0 spiro atoms. The maximum absolute atomic E-state index is 13.0. The standard InChI is InChI=1S/C29H31N3O3/c1-20-13-14-26(21(2)17-20)35-16-8-15-31-24-10-5-4-9-23(24)30-29(31)22-18-28(33)32(19-22)25-11-6-7-12-27(25)34-3/h4-7,9-14,17,22H,8,15-16,18-19H2,1-3H3/t22-/m1/s1. The zero-order valence-corrected chi connectivity index (χ0v) is 20.5. The van der Waals surface area contributed by atoms with Gasteiger partial charge in [0.25, 0.3) is 0 Å². The second-order valence-electron chi connectivity index (χ2n) is 9.16. The van der Waals surface area contributed by atoms with E-state index in [0.29, 0.717) is 25.3 Å². The van der Waals surface area contributed by atoms with Gasteiger partial charge in [-0.1, -0.05) is 42.0 Å². The Kier molecular flexibility index (Phi) is 6.45. The predicted molar refractivity (Wildman–Crippen MR) is 138 cm³/mol. The molecule has 1 aliphatic rings. The summed E-state index contributed by atoms with van der Waals surface area (Å²) in [6.45, 7) is 6.15. The monoisotopic (exact) mass is 469 g/mol. The molecule has 2 heterocycles. The van der Waals surface area contributed by atoms with Crippen molar-refractivity contribution in [2.24, 2.45) is 0 Å². The van der Waals surface area contributed by atoms with Crippen LogP contribution in [0.15, 0.2) is 66.7 Å². The van der Waals surface area contributed by atoms with E-state index in [2.05, 4.69) is 36.6 Å². The first kappa shape index (κ1) is 23.0. The first-order chi connectivity index (χ1) is 17.0. The van der Waals surface area contributed by atoms with Crippen molar-refractivity contribution in [3.8, 4) is 11.5 Å². The van der Waals surface area contributed by atoms with Crippen molar-refractivity contribution in [1.82, 2.24) is 9.55 Å². The molecular weight excluding hydrogens is 438 g/mol. The number of methoxy groups -OCH3 is 1. The molecule has 1 atom stereocenters. The molecule has 35 heavy (non-hydrogen) atoms. The van der Waals surface area contributed by atoms with E-state index in [9.17, 15) is 4.79 Å². The van der Waals surface area contributed by atoms with Crippen LogP contribution in [0.3, 0.4) is 0 Å². The van der Waals surface area contributed by atoms with E-state index in [-0.39, 0.29) is 11.8 Å². The van der Waals surface area contributed by atoms with Gasteiger partial charge in [-0.2, -0.15) is 0 Å². The van der Waals surface area contributed by atoms with Gasteiger partial charge in [0.15, 0.2) is 0 Å². The normalized spacial score (nSPS) is 15.7. The van der Waals surface area contributed by atoms with Crippen molar-refractivity contribution in [3.63, 3.8) is 0 Å². The Hall–Kier alpha value is -3.80. The molecule has 0 saturated carbocycles. The summed E-state index contributed by atoms with van der Waals surface area (Å²) in [7, 11) is 1.64. The van der Waals surface area contributed by atoms with Crippen LogP contribution in [0.2, 0.25) is 0 Å². The Balaban J connectivity index is 1.35. The molecule has 1 fully saturated rings. The number of hydrogen-bond acceptors (Lipinski definition) is 4. The smallest absolute Gasteiger partial charge is 0.227 e. The number of imidazole rings is 1. The zero-order valence-electron chi connectivity index (χ0n) is 20.5. The molecule has 1 aliphatic heterocycles. The quantitative estimate of drug-likeness (QED) is 0.313. The first-order valence-electron chi connectivity index (χ1n) is 12.1. The lowest BCUT2D eigenvalue weighted by Crippen LogP contribution is -2.25. The number of amides is 1. The summed E-state index contributed by atoms with van der Waals surface area (Å²) in [5.41, 5.74) is 5.25. The van der Waals surface area contributed by atoms with Crippen LogP contribution < -0.4 is 14.4 Å². The number of fused-ring (bicyclic) bond motifs is 1. The van der Waals surface area contributed by atoms with E-state index in [1.165, 1.54) is 5.56 Å². The highest BCUT2D eigenvalue weighted by atomic mass is 16.5. The zero-order chi connectivity index (χ0) is 24.4. The van der Waals surface area contributed by atoms with Crippen molar-refractivity contribution in [2.45, 2.75) is 39.2 Å². The number of aromatic nitrogens is 2. The molecule has 1 saturated heterocycles. The van der Waals surface area contributed by atoms with Crippen LogP contribution in [-0.2, 0) is 11.3 Å². The average Bonchev–Trinajstić information content (AvgIpc) is 3.43. The summed E-state index contributed by atoms with van der Waals surface area (Å²) < 4.78 is 13.9. The highest BCUT2D eigenvalue weighted by molar-refractivity contribution is 5.97. The Morgan fingerprint density at radius 1 is 1.00 bits per heavy atom. The van der Waals surface area contributed by atoms with Crippen LogP contribution in [0.4, 0.5) is 5.69 Å². The van der Waals surface area contributed by atoms with Gasteiger partial charge < -0.3 is 18.9 Å². The van der Waals surface area contributed by atoms with E-state index in [4.69, 9.17) is 14.5 Å². The van der Waals surface area contributed by atoms with Crippen LogP contribution in [0.25, 0.3) is 11.0 Å². The van der Waals surface area contributed by atoms with Gasteiger partial charge in [0.1, 0.15) is 17.3 Å². The lowest BCUT2D eigenvalue weighted by atomic mass is 10.1. The Morgan fingerprint density at radius 2 is 1.80 bits per heavy atom. The summed E-state index contributed by atoms with van der Waals surface area (Å²) >= 11 is 0. The van der Waals surface area contributed by atoms with E-state index < -0.39 is 0 Å². The van der Waals surface area contributed by atoms with E-state index in [0.717, 1.165) is 46.8 Å². The molecule has 6 nitrogen and oxygen atoms in total. The average molecular weight is 470 g/mol. The van der Waals surface area contributed by atoms with Crippen molar-refractivity contribution in [3.05, 3.63) is 83.7 Å². The first-order valence-corrected chi connectivity index (χ1v) is 12.1. The molecule has 1 amide bonds. The second-order valence-corrected chi connectivity index (χ2v) is 9.16. The number of aryl methyl sites for hydroxylation is 3. The number of carbonyl (C=O) groups excluding carboxylic acids is 1. The lowest BCUT2D eigenvalue weighted by molar-refractivity contribution is -0.117. The minimum atomic E-state index is 0.0140. The van der Waals surface area contributed by atoms with Crippen LogP contribution in [0.1, 0.15) is 35.7 Å². The number of carbonyl (C=O) groups is 1.